The van der Waals surface area contributed by atoms with Crippen LogP contribution in [0.3, 0.4) is 0 Å². The highest BCUT2D eigenvalue weighted by Gasteiger charge is 2.07. The normalized spacial score (nSPS) is 11.4. The predicted octanol–water partition coefficient (Wildman–Crippen LogP) is 2.80. The molecule has 3 heterocycles. The van der Waals surface area contributed by atoms with Gasteiger partial charge in [0.1, 0.15) is 4.70 Å². The van der Waals surface area contributed by atoms with E-state index in [4.69, 9.17) is 0 Å². The highest BCUT2D eigenvalue weighted by Crippen LogP contribution is 2.34. The number of fused-ring (bicyclic) bond motifs is 3. The van der Waals surface area contributed by atoms with Gasteiger partial charge in [0.05, 0.1) is 4.70 Å². The number of hydrogen-bond acceptors (Lipinski definition) is 3. The van der Waals surface area contributed by atoms with Crippen LogP contribution in [-0.4, -0.2) is 4.98 Å². The van der Waals surface area contributed by atoms with Crippen LogP contribution in [0, 0.1) is 0 Å². The summed E-state index contributed by atoms with van der Waals surface area (Å²) in [7, 11) is 0. The largest absolute Gasteiger partial charge is 0.328 e. The van der Waals surface area contributed by atoms with Crippen LogP contribution in [0.1, 0.15) is 0 Å². The van der Waals surface area contributed by atoms with E-state index in [1.54, 1.807) is 28.9 Å². The third kappa shape index (κ3) is 0.897. The molecule has 64 valence electrons. The summed E-state index contributed by atoms with van der Waals surface area (Å²) in [6, 6.07) is 4.02. The summed E-state index contributed by atoms with van der Waals surface area (Å²) < 4.78 is 3.27. The standard InChI is InChI=1S/C9H5NOS2/c11-9-8-5(1-3-10-9)7-6(13-8)2-4-12-7/h1-4H,(H,10,11). The van der Waals surface area contributed by atoms with Crippen molar-refractivity contribution in [3.05, 3.63) is 34.1 Å². The van der Waals surface area contributed by atoms with Gasteiger partial charge in [-0.3, -0.25) is 4.79 Å². The minimum absolute atomic E-state index is 0.0194. The summed E-state index contributed by atoms with van der Waals surface area (Å²) in [6.45, 7) is 0. The molecule has 13 heavy (non-hydrogen) atoms. The number of aromatic amines is 1. The first-order chi connectivity index (χ1) is 6.36. The van der Waals surface area contributed by atoms with Crippen LogP contribution in [0.4, 0.5) is 0 Å². The van der Waals surface area contributed by atoms with Crippen molar-refractivity contribution in [3.8, 4) is 0 Å². The third-order valence-corrected chi connectivity index (χ3v) is 4.25. The second kappa shape index (κ2) is 2.43. The average molecular weight is 207 g/mol. The van der Waals surface area contributed by atoms with E-state index < -0.39 is 0 Å². The van der Waals surface area contributed by atoms with E-state index in [2.05, 4.69) is 16.4 Å². The maximum atomic E-state index is 11.4. The Kier molecular flexibility index (Phi) is 1.36. The molecule has 0 bridgehead atoms. The fourth-order valence-electron chi connectivity index (χ4n) is 1.43. The number of H-pyrrole nitrogens is 1. The summed E-state index contributed by atoms with van der Waals surface area (Å²) in [5, 5.41) is 3.14. The van der Waals surface area contributed by atoms with E-state index in [1.165, 1.54) is 9.40 Å². The van der Waals surface area contributed by atoms with Gasteiger partial charge in [-0.05, 0) is 17.5 Å². The van der Waals surface area contributed by atoms with Crippen molar-refractivity contribution in [1.82, 2.24) is 4.98 Å². The third-order valence-electron chi connectivity index (χ3n) is 2.00. The van der Waals surface area contributed by atoms with Crippen LogP contribution in [-0.2, 0) is 0 Å². The first-order valence-electron chi connectivity index (χ1n) is 3.83. The molecule has 0 spiro atoms. The van der Waals surface area contributed by atoms with Crippen molar-refractivity contribution in [2.24, 2.45) is 0 Å². The van der Waals surface area contributed by atoms with Gasteiger partial charge < -0.3 is 4.98 Å². The second-order valence-corrected chi connectivity index (χ2v) is 4.73. The van der Waals surface area contributed by atoms with Gasteiger partial charge in [0.2, 0.25) is 0 Å². The number of pyridine rings is 1. The molecule has 0 saturated carbocycles. The molecule has 0 unspecified atom stereocenters. The molecule has 0 fully saturated rings. The molecule has 3 rings (SSSR count). The van der Waals surface area contributed by atoms with Crippen molar-refractivity contribution in [3.63, 3.8) is 0 Å². The Hall–Kier alpha value is -1.13. The van der Waals surface area contributed by atoms with E-state index in [-0.39, 0.29) is 5.56 Å². The second-order valence-electron chi connectivity index (χ2n) is 2.77. The van der Waals surface area contributed by atoms with Gasteiger partial charge in [-0.25, -0.2) is 0 Å². The van der Waals surface area contributed by atoms with Crippen LogP contribution in [0.5, 0.6) is 0 Å². The smallest absolute Gasteiger partial charge is 0.265 e. The predicted molar refractivity (Wildman–Crippen MR) is 57.8 cm³/mol. The average Bonchev–Trinajstić information content (AvgIpc) is 2.65. The monoisotopic (exact) mass is 207 g/mol. The molecule has 0 amide bonds. The Morgan fingerprint density at radius 2 is 2.15 bits per heavy atom. The number of thiophene rings is 2. The highest BCUT2D eigenvalue weighted by atomic mass is 32.1. The van der Waals surface area contributed by atoms with Crippen LogP contribution in [0.15, 0.2) is 28.5 Å². The molecule has 0 aliphatic carbocycles. The van der Waals surface area contributed by atoms with E-state index >= 15 is 0 Å². The lowest BCUT2D eigenvalue weighted by atomic mass is 10.3. The Balaban J connectivity index is 2.74. The molecule has 4 heteroatoms. The summed E-state index contributed by atoms with van der Waals surface area (Å²) in [5.41, 5.74) is 0.0194. The minimum Gasteiger partial charge on any atom is -0.328 e. The van der Waals surface area contributed by atoms with Gasteiger partial charge in [0.25, 0.3) is 5.56 Å². The van der Waals surface area contributed by atoms with Gasteiger partial charge in [-0.1, -0.05) is 0 Å². The SMILES string of the molecule is O=c1[nH]ccc2c1sc1ccsc12. The molecule has 3 aromatic rings. The zero-order valence-corrected chi connectivity index (χ0v) is 8.17. The maximum Gasteiger partial charge on any atom is 0.265 e. The van der Waals surface area contributed by atoms with Gasteiger partial charge in [0.15, 0.2) is 0 Å². The van der Waals surface area contributed by atoms with E-state index in [1.807, 2.05) is 6.07 Å². The lowest BCUT2D eigenvalue weighted by molar-refractivity contribution is 1.29. The first kappa shape index (κ1) is 7.29. The van der Waals surface area contributed by atoms with E-state index in [9.17, 15) is 4.79 Å². The molecular formula is C9H5NOS2. The van der Waals surface area contributed by atoms with Crippen molar-refractivity contribution >= 4 is 42.2 Å². The lowest BCUT2D eigenvalue weighted by Gasteiger charge is -1.85. The van der Waals surface area contributed by atoms with Crippen LogP contribution in [0.2, 0.25) is 0 Å². The Morgan fingerprint density at radius 1 is 1.23 bits per heavy atom. The first-order valence-corrected chi connectivity index (χ1v) is 5.53. The molecule has 0 atom stereocenters. The zero-order chi connectivity index (χ0) is 8.84. The fourth-order valence-corrected chi connectivity index (χ4v) is 3.66. The van der Waals surface area contributed by atoms with Crippen molar-refractivity contribution < 1.29 is 0 Å². The van der Waals surface area contributed by atoms with Gasteiger partial charge >= 0.3 is 0 Å². The molecular weight excluding hydrogens is 202 g/mol. The van der Waals surface area contributed by atoms with Crippen LogP contribution < -0.4 is 5.56 Å². The van der Waals surface area contributed by atoms with Crippen LogP contribution >= 0.6 is 22.7 Å². The molecule has 0 aromatic carbocycles. The Morgan fingerprint density at radius 3 is 3.08 bits per heavy atom. The molecule has 0 radical (unpaired) electrons. The molecule has 2 nitrogen and oxygen atoms in total. The maximum absolute atomic E-state index is 11.4. The number of nitrogens with one attached hydrogen (secondary N) is 1. The van der Waals surface area contributed by atoms with E-state index in [0.29, 0.717) is 0 Å². The molecule has 0 saturated heterocycles. The van der Waals surface area contributed by atoms with Gasteiger partial charge in [-0.15, -0.1) is 22.7 Å². The number of aromatic nitrogens is 1. The van der Waals surface area contributed by atoms with E-state index in [0.717, 1.165) is 10.1 Å². The topological polar surface area (TPSA) is 32.9 Å². The fraction of sp³-hybridized carbons (Fsp3) is 0. The summed E-state index contributed by atoms with van der Waals surface area (Å²) in [6.07, 6.45) is 1.70. The van der Waals surface area contributed by atoms with Crippen LogP contribution in [0.25, 0.3) is 19.5 Å². The van der Waals surface area contributed by atoms with Gasteiger partial charge in [0, 0.05) is 16.3 Å². The Labute approximate surface area is 81.5 Å². The molecule has 0 aliphatic rings. The molecule has 1 N–H and O–H groups in total. The minimum atomic E-state index is 0.0194. The van der Waals surface area contributed by atoms with Crippen molar-refractivity contribution in [2.45, 2.75) is 0 Å². The number of hydrogen-bond donors (Lipinski definition) is 1. The summed E-state index contributed by atoms with van der Waals surface area (Å²) in [4.78, 5) is 14.1. The van der Waals surface area contributed by atoms with Gasteiger partial charge in [-0.2, -0.15) is 0 Å². The quantitative estimate of drug-likeness (QED) is 0.604. The lowest BCUT2D eigenvalue weighted by Crippen LogP contribution is -2.01. The highest BCUT2D eigenvalue weighted by molar-refractivity contribution is 7.32. The van der Waals surface area contributed by atoms with Crippen molar-refractivity contribution in [1.29, 1.82) is 0 Å². The summed E-state index contributed by atoms with van der Waals surface area (Å²) >= 11 is 3.25. The summed E-state index contributed by atoms with van der Waals surface area (Å²) in [5.74, 6) is 0. The molecule has 0 aliphatic heterocycles. The molecule has 3 aromatic heterocycles. The zero-order valence-electron chi connectivity index (χ0n) is 6.53. The van der Waals surface area contributed by atoms with Crippen molar-refractivity contribution in [2.75, 3.05) is 0 Å². The number of rotatable bonds is 0. The Bertz CT molecular complexity index is 631.